The summed E-state index contributed by atoms with van der Waals surface area (Å²) in [6.45, 7) is 0. The molecule has 0 aliphatic rings. The minimum Gasteiger partial charge on any atom is -0.264 e. The lowest BCUT2D eigenvalue weighted by molar-refractivity contribution is 1.16. The molecule has 0 fully saturated rings. The second-order valence-corrected chi connectivity index (χ2v) is 4.45. The second kappa shape index (κ2) is 5.44. The van der Waals surface area contributed by atoms with Crippen molar-refractivity contribution in [2.24, 2.45) is 0 Å². The van der Waals surface area contributed by atoms with Gasteiger partial charge in [0.1, 0.15) is 0 Å². The number of hydrogen-bond acceptors (Lipinski definition) is 2. The molecule has 0 radical (unpaired) electrons. The van der Waals surface area contributed by atoms with Gasteiger partial charge in [-0.2, -0.15) is 0 Å². The first-order valence-electron chi connectivity index (χ1n) is 6.31. The third-order valence-corrected chi connectivity index (χ3v) is 3.03. The maximum atomic E-state index is 4.41. The van der Waals surface area contributed by atoms with Gasteiger partial charge in [0.15, 0.2) is 0 Å². The Bertz CT molecular complexity index is 648. The third-order valence-electron chi connectivity index (χ3n) is 3.03. The Morgan fingerprint density at radius 1 is 0.789 bits per heavy atom. The highest BCUT2D eigenvalue weighted by atomic mass is 14.7. The lowest BCUT2D eigenvalue weighted by atomic mass is 10.0. The van der Waals surface area contributed by atoms with E-state index in [0.29, 0.717) is 0 Å². The van der Waals surface area contributed by atoms with Gasteiger partial charge in [0.2, 0.25) is 0 Å². The van der Waals surface area contributed by atoms with Crippen molar-refractivity contribution in [3.63, 3.8) is 0 Å². The number of aromatic nitrogens is 2. The van der Waals surface area contributed by atoms with E-state index in [1.165, 1.54) is 11.1 Å². The fourth-order valence-electron chi connectivity index (χ4n) is 2.09. The highest BCUT2D eigenvalue weighted by Crippen LogP contribution is 2.18. The molecule has 0 atom stereocenters. The van der Waals surface area contributed by atoms with Crippen LogP contribution in [-0.2, 0) is 6.42 Å². The van der Waals surface area contributed by atoms with Crippen LogP contribution in [0.3, 0.4) is 0 Å². The molecule has 2 heterocycles. The van der Waals surface area contributed by atoms with E-state index in [4.69, 9.17) is 0 Å². The molecule has 0 spiro atoms. The topological polar surface area (TPSA) is 25.8 Å². The van der Waals surface area contributed by atoms with Gasteiger partial charge in [-0.25, -0.2) is 0 Å². The molecular weight excluding hydrogens is 232 g/mol. The highest BCUT2D eigenvalue weighted by molar-refractivity contribution is 5.58. The highest BCUT2D eigenvalue weighted by Gasteiger charge is 2.01. The van der Waals surface area contributed by atoms with Crippen molar-refractivity contribution in [3.8, 4) is 11.3 Å². The summed E-state index contributed by atoms with van der Waals surface area (Å²) in [5, 5.41) is 0. The SMILES string of the molecule is c1ccc(Cc2ccnc(-c3cccnc3)c2)cc1. The second-order valence-electron chi connectivity index (χ2n) is 4.45. The van der Waals surface area contributed by atoms with Crippen LogP contribution in [0, 0.1) is 0 Å². The zero-order valence-corrected chi connectivity index (χ0v) is 10.5. The monoisotopic (exact) mass is 246 g/mol. The predicted octanol–water partition coefficient (Wildman–Crippen LogP) is 3.73. The Kier molecular flexibility index (Phi) is 3.32. The van der Waals surface area contributed by atoms with Crippen molar-refractivity contribution < 1.29 is 0 Å². The summed E-state index contributed by atoms with van der Waals surface area (Å²) < 4.78 is 0. The summed E-state index contributed by atoms with van der Waals surface area (Å²) >= 11 is 0. The molecule has 2 aromatic heterocycles. The van der Waals surface area contributed by atoms with Gasteiger partial charge >= 0.3 is 0 Å². The van der Waals surface area contributed by atoms with Crippen LogP contribution >= 0.6 is 0 Å². The molecule has 0 aliphatic carbocycles. The van der Waals surface area contributed by atoms with E-state index < -0.39 is 0 Å². The fraction of sp³-hybridized carbons (Fsp3) is 0.0588. The van der Waals surface area contributed by atoms with Gasteiger partial charge < -0.3 is 0 Å². The number of nitrogens with zero attached hydrogens (tertiary/aromatic N) is 2. The van der Waals surface area contributed by atoms with Crippen molar-refractivity contribution in [2.75, 3.05) is 0 Å². The van der Waals surface area contributed by atoms with Crippen molar-refractivity contribution in [1.29, 1.82) is 0 Å². The van der Waals surface area contributed by atoms with E-state index in [0.717, 1.165) is 17.7 Å². The molecule has 3 aromatic rings. The van der Waals surface area contributed by atoms with Gasteiger partial charge in [0, 0.05) is 24.2 Å². The van der Waals surface area contributed by atoms with E-state index in [9.17, 15) is 0 Å². The van der Waals surface area contributed by atoms with E-state index in [1.54, 1.807) is 6.20 Å². The number of hydrogen-bond donors (Lipinski definition) is 0. The van der Waals surface area contributed by atoms with Crippen molar-refractivity contribution in [3.05, 3.63) is 84.3 Å². The van der Waals surface area contributed by atoms with Gasteiger partial charge in [-0.15, -0.1) is 0 Å². The molecule has 19 heavy (non-hydrogen) atoms. The van der Waals surface area contributed by atoms with E-state index in [2.05, 4.69) is 46.4 Å². The first-order valence-corrected chi connectivity index (χ1v) is 6.31. The van der Waals surface area contributed by atoms with E-state index in [-0.39, 0.29) is 0 Å². The van der Waals surface area contributed by atoms with Crippen LogP contribution in [0.2, 0.25) is 0 Å². The Labute approximate surface area is 112 Å². The van der Waals surface area contributed by atoms with Gasteiger partial charge in [-0.1, -0.05) is 30.3 Å². The molecule has 1 aromatic carbocycles. The molecule has 0 aliphatic heterocycles. The lowest BCUT2D eigenvalue weighted by Gasteiger charge is -2.04. The van der Waals surface area contributed by atoms with Gasteiger partial charge in [0.25, 0.3) is 0 Å². The average molecular weight is 246 g/mol. The molecule has 0 saturated carbocycles. The number of pyridine rings is 2. The van der Waals surface area contributed by atoms with Crippen LogP contribution in [-0.4, -0.2) is 9.97 Å². The predicted molar refractivity (Wildman–Crippen MR) is 76.7 cm³/mol. The molecule has 3 rings (SSSR count). The number of benzene rings is 1. The Balaban J connectivity index is 1.89. The molecule has 0 N–H and O–H groups in total. The average Bonchev–Trinajstić information content (AvgIpc) is 2.49. The zero-order valence-electron chi connectivity index (χ0n) is 10.5. The quantitative estimate of drug-likeness (QED) is 0.703. The van der Waals surface area contributed by atoms with Crippen molar-refractivity contribution in [2.45, 2.75) is 6.42 Å². The minimum atomic E-state index is 0.927. The zero-order chi connectivity index (χ0) is 12.9. The van der Waals surface area contributed by atoms with Gasteiger partial charge in [0.05, 0.1) is 5.69 Å². The fourth-order valence-corrected chi connectivity index (χ4v) is 2.09. The summed E-state index contributed by atoms with van der Waals surface area (Å²) in [5.41, 5.74) is 4.60. The molecule has 0 bridgehead atoms. The van der Waals surface area contributed by atoms with Gasteiger partial charge in [-0.05, 0) is 41.8 Å². The van der Waals surface area contributed by atoms with E-state index >= 15 is 0 Å². The first-order chi connectivity index (χ1) is 9.42. The molecular formula is C17H14N2. The van der Waals surface area contributed by atoms with Crippen molar-refractivity contribution in [1.82, 2.24) is 9.97 Å². The molecule has 2 heteroatoms. The van der Waals surface area contributed by atoms with Gasteiger partial charge in [-0.3, -0.25) is 9.97 Å². The Morgan fingerprint density at radius 3 is 2.47 bits per heavy atom. The molecule has 0 unspecified atom stereocenters. The lowest BCUT2D eigenvalue weighted by Crippen LogP contribution is -1.91. The Morgan fingerprint density at radius 2 is 1.68 bits per heavy atom. The maximum Gasteiger partial charge on any atom is 0.0720 e. The summed E-state index contributed by atoms with van der Waals surface area (Å²) in [5.74, 6) is 0. The van der Waals surface area contributed by atoms with Crippen LogP contribution in [0.1, 0.15) is 11.1 Å². The van der Waals surface area contributed by atoms with Crippen LogP contribution < -0.4 is 0 Å². The van der Waals surface area contributed by atoms with Crippen LogP contribution in [0.25, 0.3) is 11.3 Å². The summed E-state index contributed by atoms with van der Waals surface area (Å²) in [4.78, 5) is 8.55. The van der Waals surface area contributed by atoms with Crippen LogP contribution in [0.4, 0.5) is 0 Å². The van der Waals surface area contributed by atoms with Crippen molar-refractivity contribution >= 4 is 0 Å². The summed E-state index contributed by atoms with van der Waals surface area (Å²) in [6.07, 6.45) is 6.41. The van der Waals surface area contributed by atoms with E-state index in [1.807, 2.05) is 30.6 Å². The standard InChI is InChI=1S/C17H14N2/c1-2-5-14(6-3-1)11-15-8-10-19-17(12-15)16-7-4-9-18-13-16/h1-10,12-13H,11H2. The molecule has 0 amide bonds. The molecule has 92 valence electrons. The van der Waals surface area contributed by atoms with Crippen LogP contribution in [0.5, 0.6) is 0 Å². The maximum absolute atomic E-state index is 4.41. The normalized spacial score (nSPS) is 10.3. The third kappa shape index (κ3) is 2.86. The molecule has 2 nitrogen and oxygen atoms in total. The Hall–Kier alpha value is -2.48. The smallest absolute Gasteiger partial charge is 0.0720 e. The summed E-state index contributed by atoms with van der Waals surface area (Å²) in [6, 6.07) is 18.6. The summed E-state index contributed by atoms with van der Waals surface area (Å²) in [7, 11) is 0. The number of rotatable bonds is 3. The minimum absolute atomic E-state index is 0.927. The van der Waals surface area contributed by atoms with Crippen LogP contribution in [0.15, 0.2) is 73.2 Å². The first kappa shape index (κ1) is 11.6. The molecule has 0 saturated heterocycles. The largest absolute Gasteiger partial charge is 0.264 e.